The number of hydrogen-bond acceptors (Lipinski definition) is 5. The Balaban J connectivity index is 2.81. The van der Waals surface area contributed by atoms with Gasteiger partial charge in [0, 0.05) is 17.4 Å². The summed E-state index contributed by atoms with van der Waals surface area (Å²) in [6, 6.07) is 2.99. The van der Waals surface area contributed by atoms with Crippen LogP contribution in [0.4, 0.5) is 4.39 Å². The number of carboxylic acid groups (broad SMARTS) is 1. The van der Waals surface area contributed by atoms with Crippen LogP contribution in [-0.2, 0) is 4.79 Å². The van der Waals surface area contributed by atoms with Gasteiger partial charge in [-0.1, -0.05) is 0 Å². The van der Waals surface area contributed by atoms with Crippen molar-refractivity contribution in [3.05, 3.63) is 29.6 Å². The quantitative estimate of drug-likeness (QED) is 0.472. The molecule has 0 saturated carbocycles. The molecule has 0 aliphatic rings. The molecule has 0 radical (unpaired) electrons. The third-order valence-electron chi connectivity index (χ3n) is 1.71. The molecule has 86 valence electrons. The highest BCUT2D eigenvalue weighted by Crippen LogP contribution is 2.16. The molecule has 1 aromatic carbocycles. The van der Waals surface area contributed by atoms with Crippen LogP contribution in [0.25, 0.3) is 0 Å². The molecule has 0 spiro atoms. The SMILES string of the molecule is O=C(CCS)Oc1ccc(C(=O)[O-])c(F)c1. The lowest BCUT2D eigenvalue weighted by molar-refractivity contribution is -0.255. The van der Waals surface area contributed by atoms with Gasteiger partial charge in [0.2, 0.25) is 0 Å². The van der Waals surface area contributed by atoms with Crippen LogP contribution in [0, 0.1) is 5.82 Å². The molecule has 0 fully saturated rings. The maximum Gasteiger partial charge on any atom is 0.312 e. The molecule has 1 rings (SSSR count). The van der Waals surface area contributed by atoms with Crippen molar-refractivity contribution in [2.45, 2.75) is 6.42 Å². The highest BCUT2D eigenvalue weighted by Gasteiger charge is 2.08. The van der Waals surface area contributed by atoms with Crippen molar-refractivity contribution in [3.63, 3.8) is 0 Å². The number of ether oxygens (including phenoxy) is 1. The fourth-order valence-electron chi connectivity index (χ4n) is 0.999. The Morgan fingerprint density at radius 3 is 2.62 bits per heavy atom. The van der Waals surface area contributed by atoms with Gasteiger partial charge >= 0.3 is 5.97 Å². The maximum absolute atomic E-state index is 13.1. The van der Waals surface area contributed by atoms with Crippen LogP contribution >= 0.6 is 12.6 Å². The number of aromatic carboxylic acids is 1. The maximum atomic E-state index is 13.1. The predicted octanol–water partition coefficient (Wildman–Crippen LogP) is 0.415. The van der Waals surface area contributed by atoms with Gasteiger partial charge in [0.15, 0.2) is 0 Å². The van der Waals surface area contributed by atoms with Crippen molar-refractivity contribution in [2.24, 2.45) is 0 Å². The molecular weight excluding hydrogens is 235 g/mol. The number of benzene rings is 1. The lowest BCUT2D eigenvalue weighted by Crippen LogP contribution is -2.23. The van der Waals surface area contributed by atoms with E-state index in [1.807, 2.05) is 0 Å². The molecule has 0 bridgehead atoms. The molecule has 0 aliphatic carbocycles. The predicted molar refractivity (Wildman–Crippen MR) is 54.8 cm³/mol. The number of rotatable bonds is 4. The Morgan fingerprint density at radius 1 is 1.44 bits per heavy atom. The third kappa shape index (κ3) is 3.23. The van der Waals surface area contributed by atoms with E-state index in [4.69, 9.17) is 4.74 Å². The molecule has 0 saturated heterocycles. The molecule has 6 heteroatoms. The lowest BCUT2D eigenvalue weighted by atomic mass is 10.2. The first-order chi connectivity index (χ1) is 7.54. The summed E-state index contributed by atoms with van der Waals surface area (Å²) in [5, 5.41) is 10.4. The Bertz CT molecular complexity index is 419. The van der Waals surface area contributed by atoms with E-state index >= 15 is 0 Å². The zero-order valence-corrected chi connectivity index (χ0v) is 9.00. The standard InChI is InChI=1S/C10H9FO4S/c11-8-5-6(15-9(12)3-4-16)1-2-7(8)10(13)14/h1-2,5,16H,3-4H2,(H,13,14)/p-1. The smallest absolute Gasteiger partial charge is 0.312 e. The second-order valence-corrected chi connectivity index (χ2v) is 3.32. The summed E-state index contributed by atoms with van der Waals surface area (Å²) in [6.45, 7) is 0. The number of esters is 1. The topological polar surface area (TPSA) is 66.4 Å². The Kier molecular flexibility index (Phi) is 4.30. The lowest BCUT2D eigenvalue weighted by Gasteiger charge is -2.07. The van der Waals surface area contributed by atoms with E-state index in [1.54, 1.807) is 0 Å². The minimum atomic E-state index is -1.62. The van der Waals surface area contributed by atoms with Gasteiger partial charge in [0.1, 0.15) is 11.6 Å². The number of carboxylic acids is 1. The zero-order chi connectivity index (χ0) is 12.1. The van der Waals surface area contributed by atoms with Crippen molar-refractivity contribution < 1.29 is 23.8 Å². The molecule has 1 aromatic rings. The first-order valence-corrected chi connectivity index (χ1v) is 5.00. The molecule has 0 aromatic heterocycles. The average molecular weight is 243 g/mol. The summed E-state index contributed by atoms with van der Waals surface area (Å²) >= 11 is 3.83. The molecule has 0 heterocycles. The van der Waals surface area contributed by atoms with Crippen LogP contribution in [-0.4, -0.2) is 17.7 Å². The van der Waals surface area contributed by atoms with Crippen molar-refractivity contribution >= 4 is 24.6 Å². The van der Waals surface area contributed by atoms with Gasteiger partial charge in [0.05, 0.1) is 12.4 Å². The van der Waals surface area contributed by atoms with Crippen LogP contribution in [0.5, 0.6) is 5.75 Å². The number of thiol groups is 1. The van der Waals surface area contributed by atoms with E-state index in [2.05, 4.69) is 12.6 Å². The number of carbonyl (C=O) groups is 2. The Labute approximate surface area is 96.4 Å². The van der Waals surface area contributed by atoms with Gasteiger partial charge in [-0.05, 0) is 12.1 Å². The molecule has 0 aliphatic heterocycles. The third-order valence-corrected chi connectivity index (χ3v) is 1.93. The highest BCUT2D eigenvalue weighted by molar-refractivity contribution is 7.80. The van der Waals surface area contributed by atoms with Crippen LogP contribution < -0.4 is 9.84 Å². The first-order valence-electron chi connectivity index (χ1n) is 4.37. The number of hydrogen-bond donors (Lipinski definition) is 1. The monoisotopic (exact) mass is 243 g/mol. The normalized spacial score (nSPS) is 9.88. The summed E-state index contributed by atoms with van der Waals surface area (Å²) in [7, 11) is 0. The Morgan fingerprint density at radius 2 is 2.12 bits per heavy atom. The van der Waals surface area contributed by atoms with Crippen LogP contribution in [0.1, 0.15) is 16.8 Å². The first kappa shape index (κ1) is 12.5. The van der Waals surface area contributed by atoms with Crippen LogP contribution in [0.2, 0.25) is 0 Å². The minimum absolute atomic E-state index is 0.0470. The molecule has 0 atom stereocenters. The minimum Gasteiger partial charge on any atom is -0.545 e. The van der Waals surface area contributed by atoms with Crippen molar-refractivity contribution in [3.8, 4) is 5.75 Å². The highest BCUT2D eigenvalue weighted by atomic mass is 32.1. The molecule has 0 unspecified atom stereocenters. The Hall–Kier alpha value is -1.56. The molecule has 0 amide bonds. The molecular formula is C10H8FO4S-. The summed E-state index contributed by atoms with van der Waals surface area (Å²) in [6.07, 6.45) is 0.0902. The van der Waals surface area contributed by atoms with Crippen molar-refractivity contribution in [2.75, 3.05) is 5.75 Å². The fourth-order valence-corrected chi connectivity index (χ4v) is 1.18. The average Bonchev–Trinajstić information content (AvgIpc) is 2.17. The molecule has 4 nitrogen and oxygen atoms in total. The number of carbonyl (C=O) groups excluding carboxylic acids is 2. The fraction of sp³-hybridized carbons (Fsp3) is 0.200. The number of halogens is 1. The van der Waals surface area contributed by atoms with E-state index in [9.17, 15) is 19.1 Å². The van der Waals surface area contributed by atoms with Crippen LogP contribution in [0.15, 0.2) is 18.2 Å². The van der Waals surface area contributed by atoms with Gasteiger partial charge in [-0.15, -0.1) is 0 Å². The van der Waals surface area contributed by atoms with Crippen molar-refractivity contribution in [1.29, 1.82) is 0 Å². The van der Waals surface area contributed by atoms with E-state index in [0.717, 1.165) is 12.1 Å². The molecule has 16 heavy (non-hydrogen) atoms. The van der Waals surface area contributed by atoms with Gasteiger partial charge < -0.3 is 14.6 Å². The van der Waals surface area contributed by atoms with E-state index in [-0.39, 0.29) is 12.2 Å². The van der Waals surface area contributed by atoms with E-state index < -0.39 is 23.3 Å². The second kappa shape index (κ2) is 5.50. The summed E-state index contributed by atoms with van der Waals surface area (Å²) in [4.78, 5) is 21.4. The van der Waals surface area contributed by atoms with E-state index in [0.29, 0.717) is 5.75 Å². The van der Waals surface area contributed by atoms with Gasteiger partial charge in [-0.25, -0.2) is 4.39 Å². The largest absolute Gasteiger partial charge is 0.545 e. The zero-order valence-electron chi connectivity index (χ0n) is 8.10. The van der Waals surface area contributed by atoms with E-state index in [1.165, 1.54) is 6.07 Å². The summed E-state index contributed by atoms with van der Waals surface area (Å²) in [5.74, 6) is -2.91. The second-order valence-electron chi connectivity index (χ2n) is 2.88. The summed E-state index contributed by atoms with van der Waals surface area (Å²) in [5.41, 5.74) is -0.575. The van der Waals surface area contributed by atoms with Gasteiger partial charge in [-0.3, -0.25) is 4.79 Å². The summed E-state index contributed by atoms with van der Waals surface area (Å²) < 4.78 is 17.8. The molecule has 0 N–H and O–H groups in total. The van der Waals surface area contributed by atoms with Gasteiger partial charge in [-0.2, -0.15) is 12.6 Å². The van der Waals surface area contributed by atoms with Crippen LogP contribution in [0.3, 0.4) is 0 Å². The van der Waals surface area contributed by atoms with Crippen molar-refractivity contribution in [1.82, 2.24) is 0 Å². The van der Waals surface area contributed by atoms with Gasteiger partial charge in [0.25, 0.3) is 0 Å².